The Hall–Kier alpha value is -4.78. The molecule has 0 radical (unpaired) electrons. The van der Waals surface area contributed by atoms with Gasteiger partial charge in [0.05, 0.1) is 14.2 Å². The van der Waals surface area contributed by atoms with E-state index in [2.05, 4.69) is 5.32 Å². The summed E-state index contributed by atoms with van der Waals surface area (Å²) in [5, 5.41) is 3.04. The molecule has 1 N–H and O–H groups in total. The topological polar surface area (TPSA) is 77.1 Å². The molecule has 0 saturated carbocycles. The fourth-order valence-electron chi connectivity index (χ4n) is 4.28. The molecular formula is C33H34N2O5. The maximum absolute atomic E-state index is 13.8. The number of amides is 2. The number of methoxy groups -OCH3 is 2. The Morgan fingerprint density at radius 3 is 1.80 bits per heavy atom. The number of carbonyl (C=O) groups excluding carboxylic acids is 2. The molecule has 7 heteroatoms. The monoisotopic (exact) mass is 538 g/mol. The maximum Gasteiger partial charge on any atom is 0.261 e. The van der Waals surface area contributed by atoms with Crippen LogP contribution in [0.1, 0.15) is 16.7 Å². The molecule has 7 nitrogen and oxygen atoms in total. The summed E-state index contributed by atoms with van der Waals surface area (Å²) in [6, 6.07) is 33.1. The molecule has 0 saturated heterocycles. The number of ether oxygens (including phenoxy) is 3. The van der Waals surface area contributed by atoms with Crippen LogP contribution in [0.15, 0.2) is 109 Å². The van der Waals surface area contributed by atoms with Crippen molar-refractivity contribution in [1.29, 1.82) is 0 Å². The summed E-state index contributed by atoms with van der Waals surface area (Å²) in [7, 11) is 3.22. The van der Waals surface area contributed by atoms with E-state index < -0.39 is 6.04 Å². The van der Waals surface area contributed by atoms with Crippen LogP contribution in [-0.2, 0) is 29.1 Å². The molecule has 4 aromatic carbocycles. The zero-order valence-electron chi connectivity index (χ0n) is 22.8. The quantitative estimate of drug-likeness (QED) is 0.258. The van der Waals surface area contributed by atoms with Crippen molar-refractivity contribution in [2.24, 2.45) is 0 Å². The molecule has 0 aliphatic heterocycles. The smallest absolute Gasteiger partial charge is 0.261 e. The van der Waals surface area contributed by atoms with Crippen LogP contribution in [-0.4, -0.2) is 43.6 Å². The van der Waals surface area contributed by atoms with Gasteiger partial charge in [-0.15, -0.1) is 0 Å². The third-order valence-electron chi connectivity index (χ3n) is 6.51. The van der Waals surface area contributed by atoms with Crippen molar-refractivity contribution in [3.63, 3.8) is 0 Å². The summed E-state index contributed by atoms with van der Waals surface area (Å²) in [5.41, 5.74) is 2.74. The highest BCUT2D eigenvalue weighted by Gasteiger charge is 2.30. The highest BCUT2D eigenvalue weighted by atomic mass is 16.5. The Morgan fingerprint density at radius 2 is 1.23 bits per heavy atom. The minimum atomic E-state index is -0.769. The second kappa shape index (κ2) is 14.4. The van der Waals surface area contributed by atoms with Crippen molar-refractivity contribution >= 4 is 11.8 Å². The lowest BCUT2D eigenvalue weighted by molar-refractivity contribution is -0.142. The largest absolute Gasteiger partial charge is 0.497 e. The molecule has 0 spiro atoms. The van der Waals surface area contributed by atoms with E-state index in [9.17, 15) is 9.59 Å². The molecule has 40 heavy (non-hydrogen) atoms. The van der Waals surface area contributed by atoms with Crippen LogP contribution in [0.3, 0.4) is 0 Å². The SMILES string of the molecule is COc1ccc(CNC(=O)C(Cc2ccccc2)N(Cc2ccc(OC)cc2)C(=O)COc2ccccc2)cc1. The predicted octanol–water partition coefficient (Wildman–Crippen LogP) is 5.04. The Balaban J connectivity index is 1.59. The van der Waals surface area contributed by atoms with Crippen LogP contribution < -0.4 is 19.5 Å². The Kier molecular flexibility index (Phi) is 10.2. The number of nitrogens with zero attached hydrogens (tertiary/aromatic N) is 1. The molecule has 0 fully saturated rings. The van der Waals surface area contributed by atoms with E-state index in [0.717, 1.165) is 22.4 Å². The molecular weight excluding hydrogens is 504 g/mol. The Labute approximate surface area is 235 Å². The van der Waals surface area contributed by atoms with Gasteiger partial charge in [-0.25, -0.2) is 0 Å². The van der Waals surface area contributed by atoms with Gasteiger partial charge >= 0.3 is 0 Å². The Bertz CT molecular complexity index is 1340. The van der Waals surface area contributed by atoms with Crippen molar-refractivity contribution in [3.05, 3.63) is 126 Å². The summed E-state index contributed by atoms with van der Waals surface area (Å²) in [6.45, 7) is 0.352. The van der Waals surface area contributed by atoms with Crippen LogP contribution in [0.5, 0.6) is 17.2 Å². The number of para-hydroxylation sites is 1. The van der Waals surface area contributed by atoms with Gasteiger partial charge in [0.1, 0.15) is 23.3 Å². The first kappa shape index (κ1) is 28.2. The van der Waals surface area contributed by atoms with Crippen LogP contribution >= 0.6 is 0 Å². The zero-order chi connectivity index (χ0) is 28.2. The number of rotatable bonds is 13. The molecule has 2 amide bonds. The molecule has 4 aromatic rings. The lowest BCUT2D eigenvalue weighted by Gasteiger charge is -2.31. The van der Waals surface area contributed by atoms with E-state index in [1.54, 1.807) is 31.3 Å². The van der Waals surface area contributed by atoms with E-state index in [4.69, 9.17) is 14.2 Å². The van der Waals surface area contributed by atoms with Crippen LogP contribution in [0, 0.1) is 0 Å². The van der Waals surface area contributed by atoms with Gasteiger partial charge in [0, 0.05) is 19.5 Å². The Morgan fingerprint density at radius 1 is 0.675 bits per heavy atom. The molecule has 0 aromatic heterocycles. The minimum absolute atomic E-state index is 0.197. The number of nitrogens with one attached hydrogen (secondary N) is 1. The first-order valence-electron chi connectivity index (χ1n) is 13.1. The van der Waals surface area contributed by atoms with E-state index in [1.807, 2.05) is 97.1 Å². The second-order valence-corrected chi connectivity index (χ2v) is 9.24. The van der Waals surface area contributed by atoms with Crippen LogP contribution in [0.4, 0.5) is 0 Å². The number of carbonyl (C=O) groups is 2. The van der Waals surface area contributed by atoms with E-state index in [1.165, 1.54) is 0 Å². The summed E-state index contributed by atoms with van der Waals surface area (Å²) in [6.07, 6.45) is 0.350. The first-order chi connectivity index (χ1) is 19.6. The van der Waals surface area contributed by atoms with Gasteiger partial charge in [-0.05, 0) is 53.1 Å². The van der Waals surface area contributed by atoms with Gasteiger partial charge in [-0.1, -0.05) is 72.8 Å². The normalized spacial score (nSPS) is 11.2. The van der Waals surface area contributed by atoms with E-state index >= 15 is 0 Å². The van der Waals surface area contributed by atoms with Crippen LogP contribution in [0.2, 0.25) is 0 Å². The van der Waals surface area contributed by atoms with Gasteiger partial charge in [0.25, 0.3) is 5.91 Å². The predicted molar refractivity (Wildman–Crippen MR) is 154 cm³/mol. The van der Waals surface area contributed by atoms with E-state index in [0.29, 0.717) is 24.5 Å². The highest BCUT2D eigenvalue weighted by Crippen LogP contribution is 2.19. The molecule has 1 atom stereocenters. The fourth-order valence-corrected chi connectivity index (χ4v) is 4.28. The van der Waals surface area contributed by atoms with Gasteiger partial charge in [-0.2, -0.15) is 0 Å². The third-order valence-corrected chi connectivity index (χ3v) is 6.51. The molecule has 1 unspecified atom stereocenters. The van der Waals surface area contributed by atoms with Crippen molar-refractivity contribution in [2.45, 2.75) is 25.6 Å². The average Bonchev–Trinajstić information content (AvgIpc) is 3.02. The first-order valence-corrected chi connectivity index (χ1v) is 13.1. The summed E-state index contributed by atoms with van der Waals surface area (Å²) < 4.78 is 16.3. The third kappa shape index (κ3) is 8.11. The highest BCUT2D eigenvalue weighted by molar-refractivity contribution is 5.88. The molecule has 0 bridgehead atoms. The average molecular weight is 539 g/mol. The lowest BCUT2D eigenvalue weighted by Crippen LogP contribution is -2.51. The van der Waals surface area contributed by atoms with Crippen molar-refractivity contribution in [2.75, 3.05) is 20.8 Å². The molecule has 4 rings (SSSR count). The summed E-state index contributed by atoms with van der Waals surface area (Å²) in [4.78, 5) is 29.1. The maximum atomic E-state index is 13.8. The second-order valence-electron chi connectivity index (χ2n) is 9.24. The zero-order valence-corrected chi connectivity index (χ0v) is 22.8. The van der Waals surface area contributed by atoms with Crippen molar-refractivity contribution in [1.82, 2.24) is 10.2 Å². The van der Waals surface area contributed by atoms with Gasteiger partial charge in [0.2, 0.25) is 5.91 Å². The fraction of sp³-hybridized carbons (Fsp3) is 0.212. The standard InChI is InChI=1S/C33H34N2O5/c1-38-28-17-13-26(14-18-28)22-34-33(37)31(21-25-9-5-3-6-10-25)35(23-27-15-19-29(39-2)20-16-27)32(36)24-40-30-11-7-4-8-12-30/h3-20,31H,21-24H2,1-2H3,(H,34,37). The van der Waals surface area contributed by atoms with Gasteiger partial charge < -0.3 is 24.4 Å². The van der Waals surface area contributed by atoms with E-state index in [-0.39, 0.29) is 25.0 Å². The van der Waals surface area contributed by atoms with Crippen LogP contribution in [0.25, 0.3) is 0 Å². The number of benzene rings is 4. The lowest BCUT2D eigenvalue weighted by atomic mass is 10.0. The number of hydrogen-bond donors (Lipinski definition) is 1. The molecule has 206 valence electrons. The minimum Gasteiger partial charge on any atom is -0.497 e. The number of hydrogen-bond acceptors (Lipinski definition) is 5. The van der Waals surface area contributed by atoms with Gasteiger partial charge in [0.15, 0.2) is 6.61 Å². The molecule has 0 aliphatic rings. The van der Waals surface area contributed by atoms with Crippen molar-refractivity contribution < 1.29 is 23.8 Å². The molecule has 0 heterocycles. The molecule has 0 aliphatic carbocycles. The van der Waals surface area contributed by atoms with Gasteiger partial charge in [-0.3, -0.25) is 9.59 Å². The summed E-state index contributed by atoms with van der Waals surface area (Å²) >= 11 is 0. The van der Waals surface area contributed by atoms with Crippen molar-refractivity contribution in [3.8, 4) is 17.2 Å². The summed E-state index contributed by atoms with van der Waals surface area (Å²) in [5.74, 6) is 1.50.